The van der Waals surface area contributed by atoms with E-state index in [0.717, 1.165) is 18.4 Å². The van der Waals surface area contributed by atoms with Gasteiger partial charge in [0, 0.05) is 37.8 Å². The number of alkyl halides is 3. The van der Waals surface area contributed by atoms with Crippen LogP contribution in [-0.2, 0) is 25.6 Å². The van der Waals surface area contributed by atoms with E-state index in [2.05, 4.69) is 0 Å². The first kappa shape index (κ1) is 28.1. The van der Waals surface area contributed by atoms with Gasteiger partial charge in [0.25, 0.3) is 5.91 Å². The predicted molar refractivity (Wildman–Crippen MR) is 134 cm³/mol. The summed E-state index contributed by atoms with van der Waals surface area (Å²) in [6, 6.07) is 6.37. The molecule has 0 radical (unpaired) electrons. The molecule has 0 bridgehead atoms. The number of sulfone groups is 1. The molecule has 3 unspecified atom stereocenters. The van der Waals surface area contributed by atoms with Gasteiger partial charge in [-0.1, -0.05) is 12.1 Å². The molecule has 8 nitrogen and oxygen atoms in total. The van der Waals surface area contributed by atoms with E-state index in [4.69, 9.17) is 5.73 Å². The standard InChI is InChI=1S/C27H27F4N3O5S/c1-33-13-15(9-22(33)35)23(19-7-6-16(10-20(19)28)27(29,30)31)26-12-17(26)11-21(24(32)36)34(26)25(37)14-4-3-5-18(8-14)40(2,38)39/h3-8,10,15,17,21,23H,9,11-13H2,1-2H3,(H2,32,36)/t15-,17?,21?,23-,26?/m0/s1. The minimum Gasteiger partial charge on any atom is -0.368 e. The largest absolute Gasteiger partial charge is 0.416 e. The van der Waals surface area contributed by atoms with Crippen molar-refractivity contribution in [3.63, 3.8) is 0 Å². The molecule has 2 N–H and O–H groups in total. The second-order valence-corrected chi connectivity index (χ2v) is 13.0. The number of hydrogen-bond donors (Lipinski definition) is 1. The van der Waals surface area contributed by atoms with Gasteiger partial charge >= 0.3 is 6.18 Å². The summed E-state index contributed by atoms with van der Waals surface area (Å²) >= 11 is 0. The van der Waals surface area contributed by atoms with Gasteiger partial charge in [-0.25, -0.2) is 12.8 Å². The zero-order valence-corrected chi connectivity index (χ0v) is 22.4. The second kappa shape index (κ2) is 9.28. The van der Waals surface area contributed by atoms with Crippen molar-refractivity contribution >= 4 is 27.6 Å². The first-order valence-corrected chi connectivity index (χ1v) is 14.5. The highest BCUT2D eigenvalue weighted by Gasteiger charge is 2.72. The van der Waals surface area contributed by atoms with E-state index in [1.165, 1.54) is 34.1 Å². The quantitative estimate of drug-likeness (QED) is 0.527. The molecule has 5 atom stereocenters. The van der Waals surface area contributed by atoms with Crippen LogP contribution in [0.25, 0.3) is 0 Å². The molecule has 1 aliphatic carbocycles. The summed E-state index contributed by atoms with van der Waals surface area (Å²) in [4.78, 5) is 41.7. The van der Waals surface area contributed by atoms with Crippen LogP contribution in [0.3, 0.4) is 0 Å². The van der Waals surface area contributed by atoms with Crippen molar-refractivity contribution in [3.8, 4) is 0 Å². The number of amides is 3. The van der Waals surface area contributed by atoms with Gasteiger partial charge in [-0.15, -0.1) is 0 Å². The van der Waals surface area contributed by atoms with Crippen LogP contribution in [0.2, 0.25) is 0 Å². The van der Waals surface area contributed by atoms with Crippen molar-refractivity contribution in [1.29, 1.82) is 0 Å². The summed E-state index contributed by atoms with van der Waals surface area (Å²) in [7, 11) is -2.12. The fraction of sp³-hybridized carbons (Fsp3) is 0.444. The van der Waals surface area contributed by atoms with Crippen LogP contribution in [0.5, 0.6) is 0 Å². The summed E-state index contributed by atoms with van der Waals surface area (Å²) in [5, 5.41) is 0. The molecule has 13 heteroatoms. The zero-order valence-electron chi connectivity index (χ0n) is 21.6. The van der Waals surface area contributed by atoms with Gasteiger partial charge in [0.2, 0.25) is 11.8 Å². The maximum Gasteiger partial charge on any atom is 0.416 e. The van der Waals surface area contributed by atoms with Crippen molar-refractivity contribution in [1.82, 2.24) is 9.80 Å². The number of benzene rings is 2. The molecule has 1 saturated carbocycles. The lowest BCUT2D eigenvalue weighted by atomic mass is 9.76. The van der Waals surface area contributed by atoms with Crippen molar-refractivity contribution in [2.24, 2.45) is 17.6 Å². The summed E-state index contributed by atoms with van der Waals surface area (Å²) in [5.74, 6) is -4.72. The third kappa shape index (κ3) is 4.53. The van der Waals surface area contributed by atoms with E-state index < -0.39 is 62.6 Å². The molecular formula is C27H27F4N3O5S. The molecule has 5 rings (SSSR count). The molecule has 2 aliphatic heterocycles. The summed E-state index contributed by atoms with van der Waals surface area (Å²) in [5.41, 5.74) is 3.18. The molecule has 40 heavy (non-hydrogen) atoms. The highest BCUT2D eigenvalue weighted by atomic mass is 32.2. The lowest BCUT2D eigenvalue weighted by Gasteiger charge is -2.41. The monoisotopic (exact) mass is 581 g/mol. The number of primary amides is 1. The number of fused-ring (bicyclic) bond motifs is 1. The Hall–Kier alpha value is -3.48. The third-order valence-corrected chi connectivity index (χ3v) is 9.60. The Bertz CT molecular complexity index is 1530. The fourth-order valence-electron chi connectivity index (χ4n) is 6.70. The number of carbonyl (C=O) groups excluding carboxylic acids is 3. The Morgan fingerprint density at radius 1 is 1.15 bits per heavy atom. The van der Waals surface area contributed by atoms with Crippen LogP contribution in [-0.4, -0.2) is 67.4 Å². The molecule has 3 amide bonds. The Morgan fingerprint density at radius 3 is 2.40 bits per heavy atom. The first-order valence-electron chi connectivity index (χ1n) is 12.6. The highest BCUT2D eigenvalue weighted by Crippen LogP contribution is 2.67. The van der Waals surface area contributed by atoms with Crippen LogP contribution in [0.1, 0.15) is 46.7 Å². The fourth-order valence-corrected chi connectivity index (χ4v) is 7.36. The smallest absolute Gasteiger partial charge is 0.368 e. The molecule has 0 spiro atoms. The van der Waals surface area contributed by atoms with Crippen molar-refractivity contribution in [3.05, 3.63) is 65.0 Å². The van der Waals surface area contributed by atoms with Crippen LogP contribution in [0.4, 0.5) is 17.6 Å². The average molecular weight is 582 g/mol. The number of carbonyl (C=O) groups is 3. The maximum atomic E-state index is 15.6. The average Bonchev–Trinajstić information content (AvgIpc) is 3.32. The van der Waals surface area contributed by atoms with Gasteiger partial charge in [-0.3, -0.25) is 14.4 Å². The minimum atomic E-state index is -4.78. The Labute approximate surface area is 228 Å². The van der Waals surface area contributed by atoms with Crippen LogP contribution < -0.4 is 5.73 Å². The number of halogens is 4. The van der Waals surface area contributed by atoms with Crippen molar-refractivity contribution < 1.29 is 40.4 Å². The lowest BCUT2D eigenvalue weighted by molar-refractivity contribution is -0.137. The molecular weight excluding hydrogens is 554 g/mol. The Balaban J connectivity index is 1.66. The van der Waals surface area contributed by atoms with Gasteiger partial charge in [-0.2, -0.15) is 13.2 Å². The van der Waals surface area contributed by atoms with Crippen LogP contribution in [0, 0.1) is 17.7 Å². The van der Waals surface area contributed by atoms with Crippen molar-refractivity contribution in [2.45, 2.75) is 47.8 Å². The second-order valence-electron chi connectivity index (χ2n) is 11.0. The van der Waals surface area contributed by atoms with Gasteiger partial charge < -0.3 is 15.5 Å². The summed E-state index contributed by atoms with van der Waals surface area (Å²) in [6.07, 6.45) is -3.36. The van der Waals surface area contributed by atoms with E-state index in [-0.39, 0.29) is 47.2 Å². The first-order chi connectivity index (χ1) is 18.6. The van der Waals surface area contributed by atoms with Crippen LogP contribution in [0.15, 0.2) is 47.4 Å². The Morgan fingerprint density at radius 2 is 1.85 bits per heavy atom. The van der Waals surface area contributed by atoms with E-state index >= 15 is 4.39 Å². The van der Waals surface area contributed by atoms with E-state index in [9.17, 15) is 36.0 Å². The molecule has 214 valence electrons. The molecule has 2 heterocycles. The van der Waals surface area contributed by atoms with E-state index in [1.807, 2.05) is 0 Å². The number of nitrogens with zero attached hydrogens (tertiary/aromatic N) is 2. The topological polar surface area (TPSA) is 118 Å². The summed E-state index contributed by atoms with van der Waals surface area (Å²) in [6.45, 7) is 0.172. The molecule has 0 aromatic heterocycles. The number of likely N-dealkylation sites (tertiary alicyclic amines) is 2. The van der Waals surface area contributed by atoms with E-state index in [1.54, 1.807) is 7.05 Å². The molecule has 2 aromatic rings. The number of hydrogen-bond acceptors (Lipinski definition) is 5. The number of nitrogens with two attached hydrogens (primary N) is 1. The van der Waals surface area contributed by atoms with Crippen LogP contribution >= 0.6 is 0 Å². The minimum absolute atomic E-state index is 0.0249. The molecule has 3 aliphatic rings. The predicted octanol–water partition coefficient (Wildman–Crippen LogP) is 2.97. The lowest BCUT2D eigenvalue weighted by Crippen LogP contribution is -2.54. The van der Waals surface area contributed by atoms with Gasteiger partial charge in [-0.05, 0) is 60.6 Å². The van der Waals surface area contributed by atoms with Gasteiger partial charge in [0.1, 0.15) is 11.9 Å². The Kier molecular flexibility index (Phi) is 6.51. The van der Waals surface area contributed by atoms with Gasteiger partial charge in [0.05, 0.1) is 16.0 Å². The van der Waals surface area contributed by atoms with Gasteiger partial charge in [0.15, 0.2) is 9.84 Å². The number of rotatable bonds is 6. The highest BCUT2D eigenvalue weighted by molar-refractivity contribution is 7.90. The molecule has 2 aromatic carbocycles. The van der Waals surface area contributed by atoms with Crippen molar-refractivity contribution in [2.75, 3.05) is 19.8 Å². The molecule has 3 fully saturated rings. The molecule has 2 saturated heterocycles. The third-order valence-electron chi connectivity index (χ3n) is 8.49. The SMILES string of the molecule is CN1C[C@@H]([C@@H](c2ccc(C(F)(F)F)cc2F)C23CC2CC(C(N)=O)N3C(=O)c2cccc(S(C)(=O)=O)c2)CC1=O. The van der Waals surface area contributed by atoms with E-state index in [0.29, 0.717) is 12.5 Å². The number of piperidine rings is 1. The summed E-state index contributed by atoms with van der Waals surface area (Å²) < 4.78 is 79.8. The maximum absolute atomic E-state index is 15.6. The normalized spacial score (nSPS) is 27.1. The zero-order chi connectivity index (χ0) is 29.4.